The van der Waals surface area contributed by atoms with Gasteiger partial charge in [0.05, 0.1) is 31.9 Å². The molecule has 1 N–H and O–H groups in total. The van der Waals surface area contributed by atoms with Gasteiger partial charge in [-0.25, -0.2) is 0 Å². The summed E-state index contributed by atoms with van der Waals surface area (Å²) in [6, 6.07) is 17.9. The molecular formula is C28H27BrN2O5. The van der Waals surface area contributed by atoms with Gasteiger partial charge < -0.3 is 19.5 Å². The van der Waals surface area contributed by atoms with Crippen LogP contribution in [0.15, 0.2) is 70.7 Å². The van der Waals surface area contributed by atoms with Crippen molar-refractivity contribution in [1.82, 2.24) is 9.80 Å². The number of hydrogen-bond acceptors (Lipinski definition) is 6. The van der Waals surface area contributed by atoms with Crippen LogP contribution in [0.5, 0.6) is 5.75 Å². The largest absolute Gasteiger partial charge is 0.507 e. The summed E-state index contributed by atoms with van der Waals surface area (Å²) in [7, 11) is 1.61. The lowest BCUT2D eigenvalue weighted by atomic mass is 9.94. The van der Waals surface area contributed by atoms with E-state index in [4.69, 9.17) is 9.47 Å². The quantitative estimate of drug-likeness (QED) is 0.279. The van der Waals surface area contributed by atoms with Crippen molar-refractivity contribution in [3.8, 4) is 5.75 Å². The third-order valence-corrected chi connectivity index (χ3v) is 7.28. The second-order valence-corrected chi connectivity index (χ2v) is 9.85. The summed E-state index contributed by atoms with van der Waals surface area (Å²) in [6.45, 7) is 3.87. The van der Waals surface area contributed by atoms with Crippen LogP contribution in [0.25, 0.3) is 16.5 Å². The van der Waals surface area contributed by atoms with Gasteiger partial charge in [-0.2, -0.15) is 0 Å². The summed E-state index contributed by atoms with van der Waals surface area (Å²) in [5, 5.41) is 13.3. The number of hydrogen-bond donors (Lipinski definition) is 1. The van der Waals surface area contributed by atoms with Gasteiger partial charge in [0.1, 0.15) is 11.5 Å². The predicted molar refractivity (Wildman–Crippen MR) is 141 cm³/mol. The number of likely N-dealkylation sites (tertiary alicyclic amines) is 1. The molecule has 7 nitrogen and oxygen atoms in total. The fraction of sp³-hybridized carbons (Fsp3) is 0.286. The Labute approximate surface area is 218 Å². The molecule has 0 spiro atoms. The third-order valence-electron chi connectivity index (χ3n) is 6.79. The molecule has 2 fully saturated rings. The van der Waals surface area contributed by atoms with E-state index >= 15 is 0 Å². The predicted octanol–water partition coefficient (Wildman–Crippen LogP) is 4.36. The van der Waals surface area contributed by atoms with Crippen LogP contribution in [-0.2, 0) is 14.3 Å². The number of Topliss-reactive ketones (excluding diaryl/α,β-unsaturated/α-hetero) is 1. The van der Waals surface area contributed by atoms with E-state index < -0.39 is 17.7 Å². The van der Waals surface area contributed by atoms with E-state index in [1.807, 2.05) is 54.6 Å². The topological polar surface area (TPSA) is 79.3 Å². The first-order valence-corrected chi connectivity index (χ1v) is 12.7. The van der Waals surface area contributed by atoms with Gasteiger partial charge in [0.15, 0.2) is 0 Å². The first-order valence-electron chi connectivity index (χ1n) is 11.9. The van der Waals surface area contributed by atoms with Crippen LogP contribution in [0.2, 0.25) is 0 Å². The zero-order chi connectivity index (χ0) is 25.2. The molecule has 2 heterocycles. The second-order valence-electron chi connectivity index (χ2n) is 8.93. The van der Waals surface area contributed by atoms with E-state index in [1.54, 1.807) is 18.1 Å². The number of methoxy groups -OCH3 is 1. The Hall–Kier alpha value is -3.20. The maximum Gasteiger partial charge on any atom is 0.295 e. The highest BCUT2D eigenvalue weighted by Crippen LogP contribution is 2.40. The molecule has 2 saturated heterocycles. The number of amides is 1. The van der Waals surface area contributed by atoms with Crippen LogP contribution < -0.4 is 4.74 Å². The van der Waals surface area contributed by atoms with Crippen molar-refractivity contribution in [2.45, 2.75) is 6.04 Å². The smallest absolute Gasteiger partial charge is 0.295 e. The van der Waals surface area contributed by atoms with Crippen molar-refractivity contribution < 1.29 is 24.2 Å². The van der Waals surface area contributed by atoms with Crippen LogP contribution in [0.4, 0.5) is 0 Å². The standard InChI is InChI=1S/C28H27BrN2O5/c1-35-23-8-7-18-15-21(6-5-19(18)17-23)26(32)24-25(20-3-2-4-22(29)16-20)31(28(34)27(24)33)10-9-30-11-13-36-14-12-30/h2-8,15-17,25,32H,9-14H2,1H3/b26-24+. The molecule has 186 valence electrons. The van der Waals surface area contributed by atoms with Crippen LogP contribution in [0.1, 0.15) is 17.2 Å². The summed E-state index contributed by atoms with van der Waals surface area (Å²) >= 11 is 3.50. The van der Waals surface area contributed by atoms with Crippen molar-refractivity contribution in [1.29, 1.82) is 0 Å². The van der Waals surface area contributed by atoms with Gasteiger partial charge in [0, 0.05) is 36.2 Å². The molecule has 3 aromatic carbocycles. The summed E-state index contributed by atoms with van der Waals surface area (Å²) in [6.07, 6.45) is 0. The van der Waals surface area contributed by atoms with Crippen LogP contribution in [0, 0.1) is 0 Å². The molecule has 5 rings (SSSR count). The van der Waals surface area contributed by atoms with E-state index in [9.17, 15) is 14.7 Å². The molecule has 8 heteroatoms. The number of aliphatic hydroxyl groups excluding tert-OH is 1. The summed E-state index contributed by atoms with van der Waals surface area (Å²) in [5.41, 5.74) is 1.35. The number of benzene rings is 3. The normalized spacial score (nSPS) is 20.3. The minimum absolute atomic E-state index is 0.105. The maximum atomic E-state index is 13.3. The lowest BCUT2D eigenvalue weighted by molar-refractivity contribution is -0.140. The summed E-state index contributed by atoms with van der Waals surface area (Å²) in [5.74, 6) is -0.709. The molecule has 3 aromatic rings. The van der Waals surface area contributed by atoms with E-state index in [-0.39, 0.29) is 11.3 Å². The van der Waals surface area contributed by atoms with E-state index in [0.29, 0.717) is 31.9 Å². The average Bonchev–Trinajstić information content (AvgIpc) is 3.16. The number of carbonyl (C=O) groups excluding carboxylic acids is 2. The Morgan fingerprint density at radius 2 is 1.78 bits per heavy atom. The van der Waals surface area contributed by atoms with Crippen molar-refractivity contribution in [2.24, 2.45) is 0 Å². The molecule has 0 radical (unpaired) electrons. The molecule has 0 aromatic heterocycles. The minimum atomic E-state index is -0.685. The van der Waals surface area contributed by atoms with Crippen molar-refractivity contribution in [3.63, 3.8) is 0 Å². The highest BCUT2D eigenvalue weighted by atomic mass is 79.9. The van der Waals surface area contributed by atoms with Gasteiger partial charge in [-0.1, -0.05) is 46.3 Å². The Bertz CT molecular complexity index is 1350. The van der Waals surface area contributed by atoms with Gasteiger partial charge in [-0.05, 0) is 46.7 Å². The number of aliphatic hydroxyl groups is 1. The summed E-state index contributed by atoms with van der Waals surface area (Å²) in [4.78, 5) is 30.4. The Morgan fingerprint density at radius 3 is 2.53 bits per heavy atom. The Balaban J connectivity index is 1.56. The van der Waals surface area contributed by atoms with Crippen molar-refractivity contribution >= 4 is 44.2 Å². The fourth-order valence-electron chi connectivity index (χ4n) is 4.86. The number of ketones is 1. The molecule has 1 unspecified atom stereocenters. The molecule has 0 bridgehead atoms. The number of rotatable bonds is 6. The van der Waals surface area contributed by atoms with E-state index in [2.05, 4.69) is 20.8 Å². The number of ether oxygens (including phenoxy) is 2. The maximum absolute atomic E-state index is 13.3. The molecule has 1 amide bonds. The van der Waals surface area contributed by atoms with Crippen LogP contribution >= 0.6 is 15.9 Å². The van der Waals surface area contributed by atoms with Crippen LogP contribution in [0.3, 0.4) is 0 Å². The highest BCUT2D eigenvalue weighted by Gasteiger charge is 2.46. The molecule has 0 aliphatic carbocycles. The lowest BCUT2D eigenvalue weighted by Gasteiger charge is -2.31. The molecule has 36 heavy (non-hydrogen) atoms. The van der Waals surface area contributed by atoms with Gasteiger partial charge in [-0.15, -0.1) is 0 Å². The molecule has 2 aliphatic rings. The Kier molecular flexibility index (Phi) is 7.09. The highest BCUT2D eigenvalue weighted by molar-refractivity contribution is 9.10. The number of fused-ring (bicyclic) bond motifs is 1. The first-order chi connectivity index (χ1) is 17.5. The van der Waals surface area contributed by atoms with E-state index in [0.717, 1.165) is 39.6 Å². The van der Waals surface area contributed by atoms with Gasteiger partial charge in [0.2, 0.25) is 0 Å². The first kappa shape index (κ1) is 24.5. The SMILES string of the molecule is COc1ccc2cc(/C(O)=C3\C(=O)C(=O)N(CCN4CCOCC4)C3c3cccc(Br)c3)ccc2c1. The van der Waals surface area contributed by atoms with E-state index in [1.165, 1.54) is 0 Å². The van der Waals surface area contributed by atoms with Crippen molar-refractivity contribution in [2.75, 3.05) is 46.5 Å². The monoisotopic (exact) mass is 550 g/mol. The van der Waals surface area contributed by atoms with Gasteiger partial charge >= 0.3 is 0 Å². The fourth-order valence-corrected chi connectivity index (χ4v) is 5.28. The third kappa shape index (κ3) is 4.76. The second kappa shape index (κ2) is 10.4. The minimum Gasteiger partial charge on any atom is -0.507 e. The van der Waals surface area contributed by atoms with Crippen molar-refractivity contribution in [3.05, 3.63) is 81.8 Å². The molecular weight excluding hydrogens is 524 g/mol. The number of halogens is 1. The lowest BCUT2D eigenvalue weighted by Crippen LogP contribution is -2.42. The van der Waals surface area contributed by atoms with Gasteiger partial charge in [-0.3, -0.25) is 14.5 Å². The number of carbonyl (C=O) groups is 2. The number of morpholine rings is 1. The Morgan fingerprint density at radius 1 is 1.03 bits per heavy atom. The molecule has 1 atom stereocenters. The van der Waals surface area contributed by atoms with Gasteiger partial charge in [0.25, 0.3) is 11.7 Å². The molecule has 2 aliphatic heterocycles. The zero-order valence-corrected chi connectivity index (χ0v) is 21.5. The average molecular weight is 551 g/mol. The zero-order valence-electron chi connectivity index (χ0n) is 19.9. The summed E-state index contributed by atoms with van der Waals surface area (Å²) < 4.78 is 11.6. The van der Waals surface area contributed by atoms with Crippen LogP contribution in [-0.4, -0.2) is 73.1 Å². The number of nitrogens with zero attached hydrogens (tertiary/aromatic N) is 2. The molecule has 0 saturated carbocycles.